The molecular formula is C49H69ClN4O6S2. The third-order valence-electron chi connectivity index (χ3n) is 13.6. The number of aryl methyl sites for hydroxylation is 2. The summed E-state index contributed by atoms with van der Waals surface area (Å²) in [6.07, 6.45) is 4.78. The van der Waals surface area contributed by atoms with Gasteiger partial charge in [0.05, 0.1) is 24.7 Å². The number of likely N-dealkylation sites (tertiary alicyclic amines) is 2. The minimum absolute atomic E-state index is 0. The molecule has 0 bridgehead atoms. The fraction of sp³-hybridized carbons (Fsp3) is 0.510. The standard InChI is InChI=1S/C24H32N2O3S.C21H26N2.C3H7ClO3S.CH4/c1-24(20-11-6-12-21(16-20)25-30(27,28)15-14-29-2)22-17-26(18-23(22)24)13-7-10-19-8-4-3-5-9-19;1-21(17-10-5-11-18(22)13-17)19-14-23(15-20(19)21)12-6-9-16-7-3-2-4-8-16;1-7-2-3-8(4,5)6;/h3-6,8-9,11-12,16,22-23,25H,7,10,13-15,17-18H2,1-2H3;2-5,7-8,10-11,13,19-20H,6,9,12,14-15,22H2,1H3;2-3H2,1H3;1H4. The van der Waals surface area contributed by atoms with Crippen LogP contribution in [0.3, 0.4) is 0 Å². The van der Waals surface area contributed by atoms with Crippen LogP contribution in [0.4, 0.5) is 11.4 Å². The Morgan fingerprint density at radius 1 is 0.645 bits per heavy atom. The van der Waals surface area contributed by atoms with Crippen molar-refractivity contribution >= 4 is 41.1 Å². The molecule has 340 valence electrons. The van der Waals surface area contributed by atoms with Gasteiger partial charge in [-0.3, -0.25) is 4.72 Å². The van der Waals surface area contributed by atoms with Gasteiger partial charge in [-0.25, -0.2) is 16.8 Å². The first-order valence-corrected chi connectivity index (χ1v) is 25.7. The maximum Gasteiger partial charge on any atom is 0.234 e. The van der Waals surface area contributed by atoms with Gasteiger partial charge in [-0.2, -0.15) is 0 Å². The Balaban J connectivity index is 0.000000201. The predicted molar refractivity (Wildman–Crippen MR) is 256 cm³/mol. The Hall–Kier alpha value is -3.49. The van der Waals surface area contributed by atoms with Crippen LogP contribution in [0.1, 0.15) is 56.4 Å². The van der Waals surface area contributed by atoms with Crippen LogP contribution >= 0.6 is 10.7 Å². The Bertz CT molecular complexity index is 2210. The van der Waals surface area contributed by atoms with Gasteiger partial charge in [0.2, 0.25) is 19.1 Å². The number of anilines is 2. The summed E-state index contributed by atoms with van der Waals surface area (Å²) in [4.78, 5) is 5.25. The van der Waals surface area contributed by atoms with Crippen molar-refractivity contribution in [3.63, 3.8) is 0 Å². The number of nitrogens with two attached hydrogens (primary N) is 1. The first-order chi connectivity index (χ1) is 29.2. The van der Waals surface area contributed by atoms with Crippen molar-refractivity contribution in [3.05, 3.63) is 131 Å². The Labute approximate surface area is 377 Å². The summed E-state index contributed by atoms with van der Waals surface area (Å²) in [5, 5.41) is 0. The summed E-state index contributed by atoms with van der Waals surface area (Å²) in [6, 6.07) is 38.0. The van der Waals surface area contributed by atoms with E-state index in [4.69, 9.17) is 21.2 Å². The van der Waals surface area contributed by atoms with E-state index in [1.807, 2.05) is 24.3 Å². The molecule has 13 heteroatoms. The van der Waals surface area contributed by atoms with Crippen molar-refractivity contribution in [1.29, 1.82) is 0 Å². The number of ether oxygens (including phenoxy) is 2. The predicted octanol–water partition coefficient (Wildman–Crippen LogP) is 8.09. The third-order valence-corrected chi connectivity index (χ3v) is 15.9. The smallest absolute Gasteiger partial charge is 0.234 e. The number of benzene rings is 4. The van der Waals surface area contributed by atoms with Gasteiger partial charge in [-0.1, -0.05) is 106 Å². The molecule has 4 unspecified atom stereocenters. The molecule has 2 aliphatic carbocycles. The van der Waals surface area contributed by atoms with E-state index in [1.165, 1.54) is 75.4 Å². The van der Waals surface area contributed by atoms with E-state index in [2.05, 4.69) is 118 Å². The fourth-order valence-electron chi connectivity index (χ4n) is 9.85. The monoisotopic (exact) mass is 908 g/mol. The van der Waals surface area contributed by atoms with Crippen molar-refractivity contribution in [2.75, 3.05) is 88.7 Å². The summed E-state index contributed by atoms with van der Waals surface area (Å²) < 4.78 is 56.6. The van der Waals surface area contributed by atoms with Gasteiger partial charge < -0.3 is 25.0 Å². The second-order valence-electron chi connectivity index (χ2n) is 17.5. The van der Waals surface area contributed by atoms with Gasteiger partial charge in [-0.05, 0) is 109 Å². The first kappa shape index (κ1) is 49.5. The van der Waals surface area contributed by atoms with Crippen LogP contribution < -0.4 is 10.5 Å². The maximum atomic E-state index is 12.2. The van der Waals surface area contributed by atoms with E-state index in [9.17, 15) is 16.8 Å². The van der Waals surface area contributed by atoms with Crippen LogP contribution in [0.5, 0.6) is 0 Å². The van der Waals surface area contributed by atoms with Crippen LogP contribution in [0, 0.1) is 23.7 Å². The van der Waals surface area contributed by atoms with E-state index < -0.39 is 19.1 Å². The lowest BCUT2D eigenvalue weighted by atomic mass is 9.92. The summed E-state index contributed by atoms with van der Waals surface area (Å²) in [5.74, 6) is 2.81. The molecule has 4 fully saturated rings. The van der Waals surface area contributed by atoms with E-state index in [-0.39, 0.29) is 37.6 Å². The zero-order valence-electron chi connectivity index (χ0n) is 36.2. The van der Waals surface area contributed by atoms with Crippen molar-refractivity contribution < 1.29 is 26.3 Å². The molecule has 3 N–H and O–H groups in total. The molecule has 10 nitrogen and oxygen atoms in total. The van der Waals surface area contributed by atoms with Crippen LogP contribution in [0.2, 0.25) is 0 Å². The molecule has 4 aromatic rings. The second kappa shape index (κ2) is 21.9. The summed E-state index contributed by atoms with van der Waals surface area (Å²) in [6.45, 7) is 12.3. The van der Waals surface area contributed by atoms with E-state index >= 15 is 0 Å². The molecule has 2 saturated carbocycles. The number of methoxy groups -OCH3 is 2. The molecule has 0 aromatic heterocycles. The summed E-state index contributed by atoms with van der Waals surface area (Å²) in [5.41, 5.74) is 13.6. The molecule has 2 saturated heterocycles. The van der Waals surface area contributed by atoms with E-state index in [0.29, 0.717) is 22.9 Å². The largest absolute Gasteiger partial charge is 0.399 e. The minimum Gasteiger partial charge on any atom is -0.399 e. The highest BCUT2D eigenvalue weighted by Gasteiger charge is 2.66. The minimum atomic E-state index is -3.38. The maximum absolute atomic E-state index is 12.2. The molecule has 2 heterocycles. The third kappa shape index (κ3) is 13.1. The van der Waals surface area contributed by atoms with Crippen molar-refractivity contribution in [1.82, 2.24) is 9.80 Å². The molecule has 0 radical (unpaired) electrons. The average molecular weight is 910 g/mol. The van der Waals surface area contributed by atoms with Gasteiger partial charge in [0.25, 0.3) is 0 Å². The molecule has 62 heavy (non-hydrogen) atoms. The van der Waals surface area contributed by atoms with Gasteiger partial charge >= 0.3 is 0 Å². The SMILES string of the molecule is C.CC1(c2cccc(N)c2)C2CN(CCCc3ccccc3)CC21.COCCS(=O)(=O)Cl.COCCS(=O)(=O)Nc1cccc(C2(C)C3CN(CCCc4ccccc4)CC32)c1. The summed E-state index contributed by atoms with van der Waals surface area (Å²) >= 11 is 0. The number of halogens is 1. The van der Waals surface area contributed by atoms with Gasteiger partial charge in [0.1, 0.15) is 0 Å². The summed E-state index contributed by atoms with van der Waals surface area (Å²) in [7, 11) is 1.01. The van der Waals surface area contributed by atoms with E-state index in [1.54, 1.807) is 0 Å². The van der Waals surface area contributed by atoms with Crippen LogP contribution in [0.15, 0.2) is 109 Å². The molecule has 4 atom stereocenters. The zero-order valence-corrected chi connectivity index (χ0v) is 38.6. The molecule has 4 aliphatic rings. The van der Waals surface area contributed by atoms with Crippen LogP contribution in [-0.4, -0.2) is 105 Å². The lowest BCUT2D eigenvalue weighted by Crippen LogP contribution is -2.30. The highest BCUT2D eigenvalue weighted by molar-refractivity contribution is 8.13. The number of sulfonamides is 1. The van der Waals surface area contributed by atoms with E-state index in [0.717, 1.165) is 43.6 Å². The van der Waals surface area contributed by atoms with Gasteiger partial charge in [-0.15, -0.1) is 0 Å². The first-order valence-electron chi connectivity index (χ1n) is 21.6. The normalized spacial score (nSPS) is 24.9. The highest BCUT2D eigenvalue weighted by Crippen LogP contribution is 2.64. The molecule has 8 rings (SSSR count). The number of fused-ring (bicyclic) bond motifs is 2. The number of nitrogen functional groups attached to an aromatic ring is 1. The van der Waals surface area contributed by atoms with Crippen LogP contribution in [0.25, 0.3) is 0 Å². The second-order valence-corrected chi connectivity index (χ2v) is 22.3. The molecule has 4 aromatic carbocycles. The van der Waals surface area contributed by atoms with Gasteiger partial charge in [0, 0.05) is 73.3 Å². The Morgan fingerprint density at radius 2 is 1.08 bits per heavy atom. The number of piperidine rings is 2. The average Bonchev–Trinajstić information content (AvgIpc) is 3.70. The quantitative estimate of drug-likeness (QED) is 0.0752. The van der Waals surface area contributed by atoms with Crippen molar-refractivity contribution in [3.8, 4) is 0 Å². The van der Waals surface area contributed by atoms with Crippen LogP contribution in [-0.2, 0) is 52.2 Å². The topological polar surface area (TPSA) is 131 Å². The Morgan fingerprint density at radius 3 is 1.50 bits per heavy atom. The fourth-order valence-corrected chi connectivity index (χ4v) is 11.4. The number of rotatable bonds is 18. The number of nitrogens with zero attached hydrogens (tertiary/aromatic N) is 2. The molecule has 0 amide bonds. The van der Waals surface area contributed by atoms with Gasteiger partial charge in [0.15, 0.2) is 0 Å². The highest BCUT2D eigenvalue weighted by atomic mass is 35.7. The molecule has 0 spiro atoms. The Kier molecular flexibility index (Phi) is 17.5. The van der Waals surface area contributed by atoms with Crippen molar-refractivity contribution in [2.24, 2.45) is 23.7 Å². The molecular weight excluding hydrogens is 840 g/mol. The number of nitrogens with one attached hydrogen (secondary N) is 1. The lowest BCUT2D eigenvalue weighted by Gasteiger charge is -2.25. The number of hydrogen-bond acceptors (Lipinski definition) is 9. The lowest BCUT2D eigenvalue weighted by molar-refractivity contribution is 0.217. The van der Waals surface area contributed by atoms with Crippen molar-refractivity contribution in [2.45, 2.75) is 57.8 Å². The molecule has 2 aliphatic heterocycles. The zero-order chi connectivity index (χ0) is 43.7. The number of hydrogen-bond donors (Lipinski definition) is 2.